The summed E-state index contributed by atoms with van der Waals surface area (Å²) in [5, 5.41) is 0. The lowest BCUT2D eigenvalue weighted by Crippen LogP contribution is -1.99. The number of benzene rings is 1. The van der Waals surface area contributed by atoms with Crippen LogP contribution in [0.4, 0.5) is 0 Å². The molecule has 0 saturated heterocycles. The lowest BCUT2D eigenvalue weighted by atomic mass is 9.91. The Kier molecular flexibility index (Phi) is 9.46. The minimum absolute atomic E-state index is 0.306. The molecule has 0 fully saturated rings. The zero-order chi connectivity index (χ0) is 17.1. The quantitative estimate of drug-likeness (QED) is 0.266. The van der Waals surface area contributed by atoms with Crippen LogP contribution in [0.15, 0.2) is 30.9 Å². The molecule has 1 aromatic rings. The topological polar surface area (TPSA) is 0 Å². The summed E-state index contributed by atoms with van der Waals surface area (Å²) in [6, 6.07) is 6.55. The highest BCUT2D eigenvalue weighted by molar-refractivity contribution is 5.41. The molecule has 0 aliphatic carbocycles. The molecule has 0 heteroatoms. The Morgan fingerprint density at radius 2 is 1.96 bits per heavy atom. The molecule has 0 aliphatic heterocycles. The summed E-state index contributed by atoms with van der Waals surface area (Å²) in [5.74, 6) is 7.99. The number of allylic oxidation sites excluding steroid dienone is 1. The molecular formula is C23H34. The molecular weight excluding hydrogens is 276 g/mol. The Bertz CT molecular complexity index is 527. The van der Waals surface area contributed by atoms with Crippen LogP contribution in [0.3, 0.4) is 0 Å². The third-order valence-electron chi connectivity index (χ3n) is 4.64. The van der Waals surface area contributed by atoms with Gasteiger partial charge in [-0.05, 0) is 49.3 Å². The predicted octanol–water partition coefficient (Wildman–Crippen LogP) is 6.83. The molecule has 0 aromatic heterocycles. The van der Waals surface area contributed by atoms with E-state index in [0.717, 1.165) is 18.8 Å². The SMILES string of the molecule is C=CCc1c(C)cccc1[C@@H](C)C#CCC[C@@H](C)CCCCC. The Morgan fingerprint density at radius 3 is 2.65 bits per heavy atom. The van der Waals surface area contributed by atoms with E-state index in [0.29, 0.717) is 5.92 Å². The molecule has 0 bridgehead atoms. The van der Waals surface area contributed by atoms with Crippen molar-refractivity contribution in [3.8, 4) is 11.8 Å². The summed E-state index contributed by atoms with van der Waals surface area (Å²) < 4.78 is 0. The molecule has 0 nitrogen and oxygen atoms in total. The van der Waals surface area contributed by atoms with Crippen molar-refractivity contribution >= 4 is 0 Å². The molecule has 0 spiro atoms. The maximum absolute atomic E-state index is 3.89. The van der Waals surface area contributed by atoms with E-state index in [2.05, 4.69) is 64.3 Å². The van der Waals surface area contributed by atoms with Gasteiger partial charge in [-0.15, -0.1) is 12.5 Å². The van der Waals surface area contributed by atoms with Gasteiger partial charge in [-0.1, -0.05) is 69.7 Å². The van der Waals surface area contributed by atoms with Crippen LogP contribution in [0.5, 0.6) is 0 Å². The van der Waals surface area contributed by atoms with Crippen LogP contribution in [0, 0.1) is 24.7 Å². The van der Waals surface area contributed by atoms with Gasteiger partial charge in [0.25, 0.3) is 0 Å². The van der Waals surface area contributed by atoms with E-state index in [9.17, 15) is 0 Å². The fraction of sp³-hybridized carbons (Fsp3) is 0.565. The molecule has 0 N–H and O–H groups in total. The lowest BCUT2D eigenvalue weighted by Gasteiger charge is -2.13. The van der Waals surface area contributed by atoms with Crippen molar-refractivity contribution < 1.29 is 0 Å². The molecule has 0 amide bonds. The van der Waals surface area contributed by atoms with Crippen LogP contribution in [0.1, 0.15) is 81.9 Å². The summed E-state index contributed by atoms with van der Waals surface area (Å²) in [6.45, 7) is 12.9. The van der Waals surface area contributed by atoms with Crippen LogP contribution in [-0.2, 0) is 6.42 Å². The molecule has 0 radical (unpaired) electrons. The van der Waals surface area contributed by atoms with Gasteiger partial charge in [0, 0.05) is 12.3 Å². The van der Waals surface area contributed by atoms with E-state index in [1.165, 1.54) is 48.8 Å². The number of rotatable bonds is 9. The van der Waals surface area contributed by atoms with Gasteiger partial charge in [0.15, 0.2) is 0 Å². The fourth-order valence-electron chi connectivity index (χ4n) is 3.06. The molecule has 0 aliphatic rings. The van der Waals surface area contributed by atoms with Crippen molar-refractivity contribution in [3.05, 3.63) is 47.5 Å². The highest BCUT2D eigenvalue weighted by Crippen LogP contribution is 2.23. The average molecular weight is 311 g/mol. The molecule has 23 heavy (non-hydrogen) atoms. The first-order valence-corrected chi connectivity index (χ1v) is 9.27. The normalized spacial score (nSPS) is 13.0. The number of aryl methyl sites for hydroxylation is 1. The van der Waals surface area contributed by atoms with E-state index in [1.54, 1.807) is 0 Å². The monoisotopic (exact) mass is 310 g/mol. The van der Waals surface area contributed by atoms with Crippen molar-refractivity contribution in [2.45, 2.75) is 78.6 Å². The standard InChI is InChI=1S/C23H34/c1-6-8-9-14-19(3)15-10-11-16-20(4)23-18-12-17-21(5)22(23)13-7-2/h7,12,17-20H,2,6,8-10,13-15H2,1,3-5H3/t19-,20-/m0/s1. The Balaban J connectivity index is 2.56. The van der Waals surface area contributed by atoms with Crippen molar-refractivity contribution in [2.75, 3.05) is 0 Å². The first kappa shape index (κ1) is 19.6. The van der Waals surface area contributed by atoms with Crippen molar-refractivity contribution in [1.29, 1.82) is 0 Å². The van der Waals surface area contributed by atoms with Crippen LogP contribution in [0.25, 0.3) is 0 Å². The summed E-state index contributed by atoms with van der Waals surface area (Å²) in [4.78, 5) is 0. The number of hydrogen-bond acceptors (Lipinski definition) is 0. The molecule has 126 valence electrons. The van der Waals surface area contributed by atoms with Crippen molar-refractivity contribution in [2.24, 2.45) is 5.92 Å². The van der Waals surface area contributed by atoms with Crippen LogP contribution >= 0.6 is 0 Å². The summed E-state index contributed by atoms with van der Waals surface area (Å²) >= 11 is 0. The van der Waals surface area contributed by atoms with Gasteiger partial charge in [0.2, 0.25) is 0 Å². The molecule has 0 saturated carbocycles. The molecule has 1 aromatic carbocycles. The first-order valence-electron chi connectivity index (χ1n) is 9.27. The average Bonchev–Trinajstić information content (AvgIpc) is 2.53. The lowest BCUT2D eigenvalue weighted by molar-refractivity contribution is 0.470. The van der Waals surface area contributed by atoms with Gasteiger partial charge in [0.1, 0.15) is 0 Å². The predicted molar refractivity (Wildman–Crippen MR) is 104 cm³/mol. The summed E-state index contributed by atoms with van der Waals surface area (Å²) in [5.41, 5.74) is 4.12. The van der Waals surface area contributed by atoms with Crippen LogP contribution in [-0.4, -0.2) is 0 Å². The van der Waals surface area contributed by atoms with Gasteiger partial charge in [-0.3, -0.25) is 0 Å². The van der Waals surface area contributed by atoms with Gasteiger partial charge in [0.05, 0.1) is 0 Å². The molecule has 1 rings (SSSR count). The van der Waals surface area contributed by atoms with E-state index < -0.39 is 0 Å². The number of hydrogen-bond donors (Lipinski definition) is 0. The molecule has 2 atom stereocenters. The highest BCUT2D eigenvalue weighted by Gasteiger charge is 2.09. The third kappa shape index (κ3) is 7.08. The second kappa shape index (κ2) is 11.1. The second-order valence-electron chi connectivity index (χ2n) is 6.82. The largest absolute Gasteiger partial charge is 0.103 e. The van der Waals surface area contributed by atoms with Gasteiger partial charge in [-0.25, -0.2) is 0 Å². The van der Waals surface area contributed by atoms with Gasteiger partial charge < -0.3 is 0 Å². The van der Waals surface area contributed by atoms with E-state index in [4.69, 9.17) is 0 Å². The van der Waals surface area contributed by atoms with Crippen molar-refractivity contribution in [1.82, 2.24) is 0 Å². The Labute approximate surface area is 144 Å². The van der Waals surface area contributed by atoms with Crippen LogP contribution < -0.4 is 0 Å². The first-order chi connectivity index (χ1) is 11.1. The zero-order valence-corrected chi connectivity index (χ0v) is 15.6. The van der Waals surface area contributed by atoms with Gasteiger partial charge in [-0.2, -0.15) is 0 Å². The maximum atomic E-state index is 3.89. The number of unbranched alkanes of at least 4 members (excludes halogenated alkanes) is 2. The van der Waals surface area contributed by atoms with Crippen LogP contribution in [0.2, 0.25) is 0 Å². The second-order valence-corrected chi connectivity index (χ2v) is 6.82. The molecule has 0 unspecified atom stereocenters. The zero-order valence-electron chi connectivity index (χ0n) is 15.6. The maximum Gasteiger partial charge on any atom is 0.0427 e. The fourth-order valence-corrected chi connectivity index (χ4v) is 3.06. The highest BCUT2D eigenvalue weighted by atomic mass is 14.1. The summed E-state index contributed by atoms with van der Waals surface area (Å²) in [6.07, 6.45) is 10.6. The van der Waals surface area contributed by atoms with E-state index in [1.807, 2.05) is 6.08 Å². The van der Waals surface area contributed by atoms with E-state index >= 15 is 0 Å². The Morgan fingerprint density at radius 1 is 1.17 bits per heavy atom. The third-order valence-corrected chi connectivity index (χ3v) is 4.64. The Hall–Kier alpha value is -1.48. The van der Waals surface area contributed by atoms with E-state index in [-0.39, 0.29) is 0 Å². The minimum Gasteiger partial charge on any atom is -0.103 e. The minimum atomic E-state index is 0.306. The molecule has 0 heterocycles. The van der Waals surface area contributed by atoms with Crippen molar-refractivity contribution in [3.63, 3.8) is 0 Å². The smallest absolute Gasteiger partial charge is 0.0427 e. The summed E-state index contributed by atoms with van der Waals surface area (Å²) in [7, 11) is 0. The van der Waals surface area contributed by atoms with Gasteiger partial charge >= 0.3 is 0 Å².